The minimum absolute atomic E-state index is 0.0618. The van der Waals surface area contributed by atoms with Crippen LogP contribution in [0.25, 0.3) is 0 Å². The number of amides is 2. The molecule has 1 saturated heterocycles. The molecule has 0 aromatic heterocycles. The van der Waals surface area contributed by atoms with Crippen molar-refractivity contribution in [1.82, 2.24) is 19.8 Å². The first kappa shape index (κ1) is 23.2. The molecule has 8 nitrogen and oxygen atoms in total. The number of halogens is 1. The fraction of sp³-hybridized carbons (Fsp3) is 0.579. The van der Waals surface area contributed by atoms with Crippen molar-refractivity contribution in [2.24, 2.45) is 0 Å². The Bertz CT molecular complexity index is 837. The summed E-state index contributed by atoms with van der Waals surface area (Å²) in [6, 6.07) is 2.89. The third kappa shape index (κ3) is 6.48. The van der Waals surface area contributed by atoms with Gasteiger partial charge in [0.25, 0.3) is 5.91 Å². The van der Waals surface area contributed by atoms with Gasteiger partial charge in [-0.2, -0.15) is 0 Å². The van der Waals surface area contributed by atoms with Gasteiger partial charge in [-0.1, -0.05) is 6.92 Å². The van der Waals surface area contributed by atoms with Crippen molar-refractivity contribution in [3.63, 3.8) is 0 Å². The molecule has 1 aromatic rings. The third-order valence-corrected chi connectivity index (χ3v) is 6.12. The lowest BCUT2D eigenvalue weighted by molar-refractivity contribution is -0.122. The van der Waals surface area contributed by atoms with E-state index in [4.69, 9.17) is 0 Å². The molecule has 0 aliphatic carbocycles. The number of nitrogens with one attached hydrogen (secondary N) is 2. The van der Waals surface area contributed by atoms with Crippen molar-refractivity contribution in [1.29, 1.82) is 0 Å². The van der Waals surface area contributed by atoms with E-state index in [2.05, 4.69) is 10.0 Å². The van der Waals surface area contributed by atoms with Gasteiger partial charge in [-0.25, -0.2) is 17.5 Å². The molecule has 0 spiro atoms. The second-order valence-corrected chi connectivity index (χ2v) is 9.05. The summed E-state index contributed by atoms with van der Waals surface area (Å²) in [5.41, 5.74) is -0.272. The van der Waals surface area contributed by atoms with Crippen LogP contribution < -0.4 is 10.0 Å². The molecule has 0 bridgehead atoms. The van der Waals surface area contributed by atoms with Crippen molar-refractivity contribution in [2.75, 3.05) is 39.3 Å². The van der Waals surface area contributed by atoms with E-state index in [0.717, 1.165) is 24.6 Å². The van der Waals surface area contributed by atoms with Gasteiger partial charge in [-0.3, -0.25) is 14.5 Å². The predicted molar refractivity (Wildman–Crippen MR) is 108 cm³/mol. The molecule has 1 aliphatic rings. The SMILES string of the molecule is CCCNC(=O)CN1CCN(C(=O)c2cc(S(=O)(=O)NC(C)C)ccc2F)CC1. The summed E-state index contributed by atoms with van der Waals surface area (Å²) in [5, 5.41) is 2.81. The number of hydrogen-bond acceptors (Lipinski definition) is 5. The normalized spacial score (nSPS) is 15.6. The molecule has 2 rings (SSSR count). The first-order chi connectivity index (χ1) is 13.6. The van der Waals surface area contributed by atoms with Gasteiger partial charge in [0.2, 0.25) is 15.9 Å². The number of sulfonamides is 1. The maximum atomic E-state index is 14.3. The topological polar surface area (TPSA) is 98.8 Å². The quantitative estimate of drug-likeness (QED) is 0.638. The molecular weight excluding hydrogens is 399 g/mol. The number of nitrogens with zero attached hydrogens (tertiary/aromatic N) is 2. The summed E-state index contributed by atoms with van der Waals surface area (Å²) < 4.78 is 41.3. The zero-order valence-electron chi connectivity index (χ0n) is 17.1. The lowest BCUT2D eigenvalue weighted by Gasteiger charge is -2.34. The van der Waals surface area contributed by atoms with Gasteiger partial charge in [0.15, 0.2) is 0 Å². The molecule has 1 heterocycles. The predicted octanol–water partition coefficient (Wildman–Crippen LogP) is 0.796. The van der Waals surface area contributed by atoms with Crippen LogP contribution >= 0.6 is 0 Å². The Morgan fingerprint density at radius 1 is 1.17 bits per heavy atom. The van der Waals surface area contributed by atoms with Crippen molar-refractivity contribution in [2.45, 2.75) is 38.1 Å². The van der Waals surface area contributed by atoms with E-state index in [0.29, 0.717) is 32.7 Å². The van der Waals surface area contributed by atoms with Gasteiger partial charge in [0.1, 0.15) is 5.82 Å². The van der Waals surface area contributed by atoms with Crippen LogP contribution in [0.3, 0.4) is 0 Å². The monoisotopic (exact) mass is 428 g/mol. The Balaban J connectivity index is 2.04. The summed E-state index contributed by atoms with van der Waals surface area (Å²) in [5.74, 6) is -1.38. The van der Waals surface area contributed by atoms with Gasteiger partial charge >= 0.3 is 0 Å². The van der Waals surface area contributed by atoms with Gasteiger partial charge in [-0.15, -0.1) is 0 Å². The zero-order chi connectivity index (χ0) is 21.6. The van der Waals surface area contributed by atoms with Gasteiger partial charge in [0, 0.05) is 38.8 Å². The second-order valence-electron chi connectivity index (χ2n) is 7.34. The number of piperazine rings is 1. The molecule has 162 valence electrons. The largest absolute Gasteiger partial charge is 0.355 e. The lowest BCUT2D eigenvalue weighted by Crippen LogP contribution is -2.51. The van der Waals surface area contributed by atoms with E-state index < -0.39 is 21.7 Å². The third-order valence-electron chi connectivity index (χ3n) is 4.47. The highest BCUT2D eigenvalue weighted by atomic mass is 32.2. The number of rotatable bonds is 8. The Labute approximate surface area is 171 Å². The lowest BCUT2D eigenvalue weighted by atomic mass is 10.1. The number of carbonyl (C=O) groups excluding carboxylic acids is 2. The van der Waals surface area contributed by atoms with E-state index in [-0.39, 0.29) is 29.0 Å². The Morgan fingerprint density at radius 3 is 2.41 bits per heavy atom. The van der Waals surface area contributed by atoms with Crippen molar-refractivity contribution >= 4 is 21.8 Å². The van der Waals surface area contributed by atoms with Crippen LogP contribution in [0.4, 0.5) is 4.39 Å². The molecule has 2 amide bonds. The first-order valence-electron chi connectivity index (χ1n) is 9.74. The highest BCUT2D eigenvalue weighted by molar-refractivity contribution is 7.89. The van der Waals surface area contributed by atoms with E-state index >= 15 is 0 Å². The molecule has 0 radical (unpaired) electrons. The van der Waals surface area contributed by atoms with E-state index in [1.165, 1.54) is 4.90 Å². The van der Waals surface area contributed by atoms with Crippen LogP contribution in [0.2, 0.25) is 0 Å². The molecular formula is C19H29FN4O4S. The summed E-state index contributed by atoms with van der Waals surface area (Å²) in [4.78, 5) is 27.8. The molecule has 10 heteroatoms. The number of carbonyl (C=O) groups is 2. The summed E-state index contributed by atoms with van der Waals surface area (Å²) >= 11 is 0. The van der Waals surface area contributed by atoms with Crippen LogP contribution in [-0.4, -0.2) is 75.3 Å². The maximum absolute atomic E-state index is 14.3. The van der Waals surface area contributed by atoms with Crippen LogP contribution in [0.1, 0.15) is 37.6 Å². The summed E-state index contributed by atoms with van der Waals surface area (Å²) in [7, 11) is -3.83. The summed E-state index contributed by atoms with van der Waals surface area (Å²) in [6.45, 7) is 7.85. The van der Waals surface area contributed by atoms with E-state index in [9.17, 15) is 22.4 Å². The minimum atomic E-state index is -3.83. The summed E-state index contributed by atoms with van der Waals surface area (Å²) in [6.07, 6.45) is 0.862. The fourth-order valence-electron chi connectivity index (χ4n) is 3.02. The van der Waals surface area contributed by atoms with Crippen LogP contribution in [0, 0.1) is 5.82 Å². The fourth-order valence-corrected chi connectivity index (χ4v) is 4.29. The molecule has 2 N–H and O–H groups in total. The first-order valence-corrected chi connectivity index (χ1v) is 11.2. The Hall–Kier alpha value is -2.04. The molecule has 0 atom stereocenters. The molecule has 0 saturated carbocycles. The Morgan fingerprint density at radius 2 is 1.83 bits per heavy atom. The zero-order valence-corrected chi connectivity index (χ0v) is 17.9. The van der Waals surface area contributed by atoms with Gasteiger partial charge in [0.05, 0.1) is 17.0 Å². The molecule has 1 aromatic carbocycles. The van der Waals surface area contributed by atoms with Gasteiger partial charge < -0.3 is 10.2 Å². The number of hydrogen-bond donors (Lipinski definition) is 2. The standard InChI is InChI=1S/C19H29FN4O4S/c1-4-7-21-18(25)13-23-8-10-24(11-9-23)19(26)16-12-15(5-6-17(16)20)29(27,28)22-14(2)3/h5-6,12,14,22H,4,7-11,13H2,1-3H3,(H,21,25). The number of benzene rings is 1. The molecule has 29 heavy (non-hydrogen) atoms. The highest BCUT2D eigenvalue weighted by Gasteiger charge is 2.26. The smallest absolute Gasteiger partial charge is 0.256 e. The highest BCUT2D eigenvalue weighted by Crippen LogP contribution is 2.18. The van der Waals surface area contributed by atoms with E-state index in [1.54, 1.807) is 13.8 Å². The molecule has 1 fully saturated rings. The molecule has 1 aliphatic heterocycles. The van der Waals surface area contributed by atoms with Crippen molar-refractivity contribution in [3.05, 3.63) is 29.6 Å². The van der Waals surface area contributed by atoms with Crippen LogP contribution in [0.15, 0.2) is 23.1 Å². The molecule has 0 unspecified atom stereocenters. The van der Waals surface area contributed by atoms with Crippen molar-refractivity contribution in [3.8, 4) is 0 Å². The van der Waals surface area contributed by atoms with Crippen LogP contribution in [-0.2, 0) is 14.8 Å². The maximum Gasteiger partial charge on any atom is 0.256 e. The average molecular weight is 429 g/mol. The van der Waals surface area contributed by atoms with Crippen molar-refractivity contribution < 1.29 is 22.4 Å². The minimum Gasteiger partial charge on any atom is -0.355 e. The second kappa shape index (κ2) is 10.1. The average Bonchev–Trinajstić information content (AvgIpc) is 2.65. The van der Waals surface area contributed by atoms with Crippen LogP contribution in [0.5, 0.6) is 0 Å². The Kier molecular flexibility index (Phi) is 8.12. The van der Waals surface area contributed by atoms with E-state index in [1.807, 2.05) is 11.8 Å². The van der Waals surface area contributed by atoms with Gasteiger partial charge in [-0.05, 0) is 38.5 Å².